The fraction of sp³-hybridized carbons (Fsp3) is 0.105. The van der Waals surface area contributed by atoms with E-state index in [4.69, 9.17) is 4.74 Å². The molecule has 1 aromatic carbocycles. The molecular weight excluding hydrogens is 316 g/mol. The van der Waals surface area contributed by atoms with Gasteiger partial charge in [0.1, 0.15) is 0 Å². The zero-order valence-corrected chi connectivity index (χ0v) is 13.9. The molecule has 0 spiro atoms. The summed E-state index contributed by atoms with van der Waals surface area (Å²) in [5, 5.41) is 3.15. The van der Waals surface area contributed by atoms with Crippen LogP contribution in [0.3, 0.4) is 0 Å². The van der Waals surface area contributed by atoms with Gasteiger partial charge >= 0.3 is 0 Å². The molecule has 0 aliphatic rings. The lowest BCUT2D eigenvalue weighted by molar-refractivity contribution is 0.399. The van der Waals surface area contributed by atoms with Crippen molar-refractivity contribution in [2.45, 2.75) is 6.92 Å². The lowest BCUT2D eigenvalue weighted by atomic mass is 10.1. The van der Waals surface area contributed by atoms with Crippen LogP contribution in [-0.2, 0) is 0 Å². The van der Waals surface area contributed by atoms with E-state index in [1.807, 2.05) is 43.3 Å². The molecule has 25 heavy (non-hydrogen) atoms. The Kier molecular flexibility index (Phi) is 3.57. The number of nitrogens with one attached hydrogen (secondary N) is 1. The van der Waals surface area contributed by atoms with Gasteiger partial charge in [0.05, 0.1) is 24.1 Å². The highest BCUT2D eigenvalue weighted by atomic mass is 16.5. The fourth-order valence-corrected chi connectivity index (χ4v) is 2.92. The van der Waals surface area contributed by atoms with E-state index in [1.165, 1.54) is 10.6 Å². The number of ether oxygens (including phenoxy) is 1. The van der Waals surface area contributed by atoms with Crippen molar-refractivity contribution in [1.82, 2.24) is 19.6 Å². The lowest BCUT2D eigenvalue weighted by Crippen LogP contribution is -2.14. The maximum atomic E-state index is 12.6. The van der Waals surface area contributed by atoms with Gasteiger partial charge in [-0.3, -0.25) is 9.89 Å². The summed E-state index contributed by atoms with van der Waals surface area (Å²) in [6.07, 6.45) is 1.64. The molecule has 0 fully saturated rings. The van der Waals surface area contributed by atoms with Crippen molar-refractivity contribution in [3.05, 3.63) is 70.6 Å². The van der Waals surface area contributed by atoms with Crippen LogP contribution in [0.25, 0.3) is 28.2 Å². The number of pyridine rings is 1. The third-order valence-corrected chi connectivity index (χ3v) is 4.16. The minimum atomic E-state index is -0.184. The van der Waals surface area contributed by atoms with Gasteiger partial charge in [-0.05, 0) is 24.6 Å². The van der Waals surface area contributed by atoms with Crippen LogP contribution in [-0.4, -0.2) is 26.7 Å². The van der Waals surface area contributed by atoms with E-state index in [1.54, 1.807) is 19.4 Å². The number of aromatic amines is 1. The summed E-state index contributed by atoms with van der Waals surface area (Å²) in [7, 11) is 1.55. The number of fused-ring (bicyclic) bond motifs is 1. The van der Waals surface area contributed by atoms with Crippen LogP contribution < -0.4 is 10.3 Å². The average molecular weight is 332 g/mol. The van der Waals surface area contributed by atoms with Crippen molar-refractivity contribution in [3.63, 3.8) is 0 Å². The summed E-state index contributed by atoms with van der Waals surface area (Å²) in [4.78, 5) is 21.5. The van der Waals surface area contributed by atoms with Crippen LogP contribution in [0.1, 0.15) is 5.56 Å². The van der Waals surface area contributed by atoms with Gasteiger partial charge in [-0.2, -0.15) is 0 Å². The lowest BCUT2D eigenvalue weighted by Gasteiger charge is -2.06. The third-order valence-electron chi connectivity index (χ3n) is 4.16. The number of aryl methyl sites for hydroxylation is 1. The molecule has 1 N–H and O–H groups in total. The van der Waals surface area contributed by atoms with Gasteiger partial charge in [0.2, 0.25) is 5.88 Å². The molecule has 3 heterocycles. The second-order valence-electron chi connectivity index (χ2n) is 5.68. The fourth-order valence-electron chi connectivity index (χ4n) is 2.92. The normalized spacial score (nSPS) is 11.0. The molecule has 0 bridgehead atoms. The van der Waals surface area contributed by atoms with Gasteiger partial charge in [-0.25, -0.2) is 14.5 Å². The molecule has 3 aromatic heterocycles. The first kappa shape index (κ1) is 15.1. The van der Waals surface area contributed by atoms with Gasteiger partial charge in [-0.15, -0.1) is 0 Å². The number of H-pyrrole nitrogens is 1. The highest BCUT2D eigenvalue weighted by Crippen LogP contribution is 2.28. The molecule has 0 aliphatic heterocycles. The maximum absolute atomic E-state index is 12.6. The number of methoxy groups -OCH3 is 1. The highest BCUT2D eigenvalue weighted by molar-refractivity contribution is 5.73. The molecule has 0 radical (unpaired) electrons. The number of hydrogen-bond acceptors (Lipinski definition) is 4. The molecule has 6 heteroatoms. The molecule has 0 atom stereocenters. The van der Waals surface area contributed by atoms with Crippen molar-refractivity contribution >= 4 is 5.65 Å². The van der Waals surface area contributed by atoms with E-state index in [0.717, 1.165) is 16.8 Å². The van der Waals surface area contributed by atoms with Crippen molar-refractivity contribution < 1.29 is 4.74 Å². The van der Waals surface area contributed by atoms with E-state index in [2.05, 4.69) is 15.1 Å². The first-order valence-corrected chi connectivity index (χ1v) is 7.86. The Labute approximate surface area is 143 Å². The summed E-state index contributed by atoms with van der Waals surface area (Å²) in [6.45, 7) is 1.95. The van der Waals surface area contributed by atoms with Gasteiger partial charge in [-0.1, -0.05) is 30.3 Å². The van der Waals surface area contributed by atoms with Crippen LogP contribution >= 0.6 is 0 Å². The summed E-state index contributed by atoms with van der Waals surface area (Å²) in [6, 6.07) is 15.0. The summed E-state index contributed by atoms with van der Waals surface area (Å²) < 4.78 is 6.75. The Morgan fingerprint density at radius 2 is 1.92 bits per heavy atom. The molecule has 0 amide bonds. The second kappa shape index (κ2) is 5.90. The van der Waals surface area contributed by atoms with Crippen LogP contribution in [0.5, 0.6) is 5.88 Å². The van der Waals surface area contributed by atoms with Crippen LogP contribution in [0.15, 0.2) is 59.5 Å². The maximum Gasteiger partial charge on any atom is 0.273 e. The molecule has 0 aliphatic carbocycles. The van der Waals surface area contributed by atoms with Crippen molar-refractivity contribution in [3.8, 4) is 28.4 Å². The zero-order valence-electron chi connectivity index (χ0n) is 13.9. The monoisotopic (exact) mass is 332 g/mol. The summed E-state index contributed by atoms with van der Waals surface area (Å²) in [5.74, 6) is 0.440. The molecular formula is C19H16N4O2. The quantitative estimate of drug-likeness (QED) is 0.626. The molecule has 6 nitrogen and oxygen atoms in total. The predicted molar refractivity (Wildman–Crippen MR) is 95.8 cm³/mol. The minimum Gasteiger partial charge on any atom is -0.481 e. The van der Waals surface area contributed by atoms with Gasteiger partial charge < -0.3 is 4.74 Å². The molecule has 0 unspecified atom stereocenters. The highest BCUT2D eigenvalue weighted by Gasteiger charge is 2.15. The van der Waals surface area contributed by atoms with Crippen molar-refractivity contribution in [2.75, 3.05) is 7.11 Å². The molecule has 0 saturated heterocycles. The third kappa shape index (κ3) is 2.48. The summed E-state index contributed by atoms with van der Waals surface area (Å²) >= 11 is 0. The Bertz CT molecular complexity index is 1110. The molecule has 0 saturated carbocycles. The Morgan fingerprint density at radius 1 is 1.12 bits per heavy atom. The van der Waals surface area contributed by atoms with Crippen LogP contribution in [0.4, 0.5) is 0 Å². The Hall–Kier alpha value is -3.41. The van der Waals surface area contributed by atoms with Gasteiger partial charge in [0.15, 0.2) is 5.65 Å². The number of benzene rings is 1. The van der Waals surface area contributed by atoms with Gasteiger partial charge in [0.25, 0.3) is 5.56 Å². The first-order valence-electron chi connectivity index (χ1n) is 7.86. The van der Waals surface area contributed by atoms with Crippen LogP contribution in [0.2, 0.25) is 0 Å². The Morgan fingerprint density at radius 3 is 2.68 bits per heavy atom. The second-order valence-corrected chi connectivity index (χ2v) is 5.68. The van der Waals surface area contributed by atoms with Crippen molar-refractivity contribution in [1.29, 1.82) is 0 Å². The number of rotatable bonds is 3. The minimum absolute atomic E-state index is 0.184. The van der Waals surface area contributed by atoms with E-state index in [9.17, 15) is 4.79 Å². The summed E-state index contributed by atoms with van der Waals surface area (Å²) in [5.41, 5.74) is 4.42. The standard InChI is InChI=1S/C19H16N4O2/c1-12-17(13-7-4-3-5-8-13)22-23-16(24)11-15(21-18(12)23)14-9-6-10-20-19(14)25-2/h3-11,22H,1-2H3. The zero-order chi connectivity index (χ0) is 17.4. The topological polar surface area (TPSA) is 72.3 Å². The molecule has 4 aromatic rings. The van der Waals surface area contributed by atoms with E-state index < -0.39 is 0 Å². The number of nitrogens with zero attached hydrogens (tertiary/aromatic N) is 3. The first-order chi connectivity index (χ1) is 12.2. The Balaban J connectivity index is 1.97. The number of hydrogen-bond donors (Lipinski definition) is 1. The van der Waals surface area contributed by atoms with E-state index in [-0.39, 0.29) is 5.56 Å². The smallest absolute Gasteiger partial charge is 0.273 e. The van der Waals surface area contributed by atoms with E-state index in [0.29, 0.717) is 22.8 Å². The average Bonchev–Trinajstić information content (AvgIpc) is 3.00. The van der Waals surface area contributed by atoms with Crippen LogP contribution in [0, 0.1) is 6.92 Å². The molecule has 4 rings (SSSR count). The largest absolute Gasteiger partial charge is 0.481 e. The van der Waals surface area contributed by atoms with E-state index >= 15 is 0 Å². The molecule has 124 valence electrons. The number of aromatic nitrogens is 4. The SMILES string of the molecule is COc1ncccc1-c1cc(=O)n2[nH]c(-c3ccccc3)c(C)c2n1. The van der Waals surface area contributed by atoms with Crippen molar-refractivity contribution in [2.24, 2.45) is 0 Å². The predicted octanol–water partition coefficient (Wildman–Crippen LogP) is 3.07. The van der Waals surface area contributed by atoms with Gasteiger partial charge in [0, 0.05) is 17.8 Å².